The molecule has 0 amide bonds. The monoisotopic (exact) mass is 137 g/mol. The predicted molar refractivity (Wildman–Crippen MR) is 35.8 cm³/mol. The molecule has 0 saturated heterocycles. The maximum Gasteiger partial charge on any atom is 0.0926 e. The maximum absolute atomic E-state index is 5.39. The van der Waals surface area contributed by atoms with Gasteiger partial charge in [-0.1, -0.05) is 0 Å². The lowest BCUT2D eigenvalue weighted by molar-refractivity contribution is 0.672. The third-order valence-electron chi connectivity index (χ3n) is 0.660. The van der Waals surface area contributed by atoms with E-state index < -0.39 is 0 Å². The molecule has 3 nitrogen and oxygen atoms in total. The van der Waals surface area contributed by atoms with Crippen molar-refractivity contribution in [1.29, 1.82) is 0 Å². The van der Waals surface area contributed by atoms with E-state index in [1.165, 1.54) is 0 Å². The van der Waals surface area contributed by atoms with E-state index in [9.17, 15) is 0 Å². The molecule has 4 heteroatoms. The van der Waals surface area contributed by atoms with Crippen LogP contribution in [0, 0.1) is 0 Å². The SMILES string of the molecule is NCCNCC(N)Cl. The fraction of sp³-hybridized carbons (Fsp3) is 1.00. The van der Waals surface area contributed by atoms with Gasteiger partial charge in [-0.2, -0.15) is 0 Å². The second-order valence-corrected chi connectivity index (χ2v) is 2.07. The van der Waals surface area contributed by atoms with Crippen molar-refractivity contribution in [1.82, 2.24) is 5.32 Å². The third kappa shape index (κ3) is 6.17. The van der Waals surface area contributed by atoms with E-state index in [0.717, 1.165) is 6.54 Å². The first-order chi connectivity index (χ1) is 3.77. The number of halogens is 1. The molecule has 1 atom stereocenters. The first kappa shape index (κ1) is 8.17. The summed E-state index contributed by atoms with van der Waals surface area (Å²) in [7, 11) is 0. The summed E-state index contributed by atoms with van der Waals surface area (Å²) in [6.07, 6.45) is 0. The molecule has 5 N–H and O–H groups in total. The molecule has 0 aliphatic heterocycles. The van der Waals surface area contributed by atoms with E-state index >= 15 is 0 Å². The van der Waals surface area contributed by atoms with Crippen LogP contribution in [0.25, 0.3) is 0 Å². The predicted octanol–water partition coefficient (Wildman–Crippen LogP) is -0.942. The lowest BCUT2D eigenvalue weighted by Gasteiger charge is -2.02. The molecule has 0 aromatic carbocycles. The minimum atomic E-state index is -0.290. The molecule has 0 saturated carbocycles. The average Bonchev–Trinajstić information content (AvgIpc) is 1.66. The van der Waals surface area contributed by atoms with Gasteiger partial charge in [-0.25, -0.2) is 0 Å². The summed E-state index contributed by atoms with van der Waals surface area (Å²) in [6, 6.07) is 0. The Hall–Kier alpha value is 0.170. The quantitative estimate of drug-likeness (QED) is 0.266. The molecule has 0 rings (SSSR count). The van der Waals surface area contributed by atoms with Gasteiger partial charge in [0.25, 0.3) is 0 Å². The van der Waals surface area contributed by atoms with Gasteiger partial charge in [-0.05, 0) is 0 Å². The van der Waals surface area contributed by atoms with Crippen LogP contribution in [0.1, 0.15) is 0 Å². The molecule has 0 aliphatic rings. The molecular weight excluding hydrogens is 126 g/mol. The number of hydrogen-bond donors (Lipinski definition) is 3. The second-order valence-electron chi connectivity index (χ2n) is 1.51. The van der Waals surface area contributed by atoms with E-state index in [0.29, 0.717) is 13.1 Å². The third-order valence-corrected chi connectivity index (χ3v) is 0.815. The zero-order chi connectivity index (χ0) is 6.41. The number of alkyl halides is 1. The lowest BCUT2D eigenvalue weighted by Crippen LogP contribution is -2.32. The van der Waals surface area contributed by atoms with E-state index in [1.54, 1.807) is 0 Å². The highest BCUT2D eigenvalue weighted by molar-refractivity contribution is 6.20. The van der Waals surface area contributed by atoms with E-state index in [-0.39, 0.29) is 5.50 Å². The highest BCUT2D eigenvalue weighted by atomic mass is 35.5. The number of rotatable bonds is 4. The van der Waals surface area contributed by atoms with Crippen LogP contribution in [0.15, 0.2) is 0 Å². The molecule has 0 spiro atoms. The van der Waals surface area contributed by atoms with Crippen LogP contribution in [0.3, 0.4) is 0 Å². The fourth-order valence-corrected chi connectivity index (χ4v) is 0.451. The molecule has 8 heavy (non-hydrogen) atoms. The van der Waals surface area contributed by atoms with E-state index in [2.05, 4.69) is 5.32 Å². The van der Waals surface area contributed by atoms with Crippen LogP contribution in [0.5, 0.6) is 0 Å². The summed E-state index contributed by atoms with van der Waals surface area (Å²) in [5, 5.41) is 2.95. The van der Waals surface area contributed by atoms with Crippen LogP contribution >= 0.6 is 11.6 Å². The lowest BCUT2D eigenvalue weighted by atomic mass is 10.6. The maximum atomic E-state index is 5.39. The molecule has 0 fully saturated rings. The van der Waals surface area contributed by atoms with Crippen LogP contribution in [0.4, 0.5) is 0 Å². The topological polar surface area (TPSA) is 64.1 Å². The van der Waals surface area contributed by atoms with Gasteiger partial charge in [0.2, 0.25) is 0 Å². The van der Waals surface area contributed by atoms with Gasteiger partial charge in [0.1, 0.15) is 0 Å². The summed E-state index contributed by atoms with van der Waals surface area (Å²) >= 11 is 5.39. The number of nitrogens with two attached hydrogens (primary N) is 2. The first-order valence-corrected chi connectivity index (χ1v) is 3.01. The zero-order valence-corrected chi connectivity index (χ0v) is 5.49. The van der Waals surface area contributed by atoms with Crippen molar-refractivity contribution in [3.63, 3.8) is 0 Å². The standard InChI is InChI=1S/C4H12ClN3/c5-4(7)3-8-2-1-6/h4,8H,1-3,6-7H2. The largest absolute Gasteiger partial charge is 0.329 e. The van der Waals surface area contributed by atoms with Crippen molar-refractivity contribution in [2.24, 2.45) is 11.5 Å². The number of nitrogens with one attached hydrogen (secondary N) is 1. The normalized spacial score (nSPS) is 13.9. The Morgan fingerprint density at radius 1 is 1.62 bits per heavy atom. The van der Waals surface area contributed by atoms with Gasteiger partial charge in [-0.15, -0.1) is 11.6 Å². The molecule has 0 aromatic heterocycles. The molecule has 0 bridgehead atoms. The summed E-state index contributed by atoms with van der Waals surface area (Å²) in [4.78, 5) is 0. The Balaban J connectivity index is 2.72. The molecule has 50 valence electrons. The van der Waals surface area contributed by atoms with E-state index in [4.69, 9.17) is 23.1 Å². The average molecular weight is 138 g/mol. The fourth-order valence-electron chi connectivity index (χ4n) is 0.342. The Morgan fingerprint density at radius 3 is 2.62 bits per heavy atom. The molecule has 0 heterocycles. The molecule has 1 unspecified atom stereocenters. The molecule has 0 radical (unpaired) electrons. The van der Waals surface area contributed by atoms with E-state index in [1.807, 2.05) is 0 Å². The van der Waals surface area contributed by atoms with Crippen molar-refractivity contribution >= 4 is 11.6 Å². The Bertz CT molecular complexity index is 48.5. The Labute approximate surface area is 54.4 Å². The molecule has 0 aliphatic carbocycles. The molecule has 0 aromatic rings. The molecular formula is C4H12ClN3. The zero-order valence-electron chi connectivity index (χ0n) is 4.73. The van der Waals surface area contributed by atoms with Crippen molar-refractivity contribution < 1.29 is 0 Å². The Morgan fingerprint density at radius 2 is 2.25 bits per heavy atom. The van der Waals surface area contributed by atoms with Gasteiger partial charge < -0.3 is 16.8 Å². The van der Waals surface area contributed by atoms with Gasteiger partial charge in [0, 0.05) is 19.6 Å². The summed E-state index contributed by atoms with van der Waals surface area (Å²) < 4.78 is 0. The van der Waals surface area contributed by atoms with Crippen LogP contribution in [0.2, 0.25) is 0 Å². The minimum Gasteiger partial charge on any atom is -0.329 e. The summed E-state index contributed by atoms with van der Waals surface area (Å²) in [5.74, 6) is 0. The van der Waals surface area contributed by atoms with Gasteiger partial charge in [0.15, 0.2) is 0 Å². The number of hydrogen-bond acceptors (Lipinski definition) is 3. The Kier molecular flexibility index (Phi) is 5.42. The van der Waals surface area contributed by atoms with Crippen molar-refractivity contribution in [2.75, 3.05) is 19.6 Å². The van der Waals surface area contributed by atoms with Crippen molar-refractivity contribution in [3.8, 4) is 0 Å². The summed E-state index contributed by atoms with van der Waals surface area (Å²) in [6.45, 7) is 2.03. The van der Waals surface area contributed by atoms with Crippen molar-refractivity contribution in [3.05, 3.63) is 0 Å². The summed E-state index contributed by atoms with van der Waals surface area (Å²) in [5.41, 5.74) is 10.1. The first-order valence-electron chi connectivity index (χ1n) is 2.58. The second kappa shape index (κ2) is 5.31. The minimum absolute atomic E-state index is 0.290. The highest BCUT2D eigenvalue weighted by Crippen LogP contribution is 1.78. The van der Waals surface area contributed by atoms with Crippen LogP contribution in [-0.2, 0) is 0 Å². The van der Waals surface area contributed by atoms with Gasteiger partial charge in [-0.3, -0.25) is 0 Å². The van der Waals surface area contributed by atoms with Crippen molar-refractivity contribution in [2.45, 2.75) is 5.50 Å². The smallest absolute Gasteiger partial charge is 0.0926 e. The highest BCUT2D eigenvalue weighted by Gasteiger charge is 1.91. The van der Waals surface area contributed by atoms with Crippen LogP contribution < -0.4 is 16.8 Å². The van der Waals surface area contributed by atoms with Gasteiger partial charge >= 0.3 is 0 Å². The van der Waals surface area contributed by atoms with Gasteiger partial charge in [0.05, 0.1) is 5.50 Å². The van der Waals surface area contributed by atoms with Crippen LogP contribution in [-0.4, -0.2) is 25.1 Å².